The molecule has 1 aliphatic heterocycles. The fourth-order valence-electron chi connectivity index (χ4n) is 7.53. The molecule has 2 atom stereocenters. The summed E-state index contributed by atoms with van der Waals surface area (Å²) in [4.78, 5) is 0. The lowest BCUT2D eigenvalue weighted by Crippen LogP contribution is -2.54. The van der Waals surface area contributed by atoms with E-state index in [0.717, 1.165) is 12.1 Å². The van der Waals surface area contributed by atoms with Gasteiger partial charge < -0.3 is 0 Å². The molecule has 254 valence electrons. The van der Waals surface area contributed by atoms with Gasteiger partial charge in [0.15, 0.2) is 0 Å². The van der Waals surface area contributed by atoms with Crippen molar-refractivity contribution in [1.82, 2.24) is 14.0 Å². The van der Waals surface area contributed by atoms with E-state index in [2.05, 4.69) is 14.0 Å². The van der Waals surface area contributed by atoms with E-state index in [-0.39, 0.29) is 47.4 Å². The van der Waals surface area contributed by atoms with Crippen LogP contribution in [-0.4, -0.2) is 55.3 Å². The fraction of sp³-hybridized carbons (Fsp3) is 0.618. The molecular formula is C34H51F6N3P2. The van der Waals surface area contributed by atoms with Crippen LogP contribution in [0.4, 0.5) is 26.3 Å². The van der Waals surface area contributed by atoms with Gasteiger partial charge in [-0.25, -0.2) is 0 Å². The Labute approximate surface area is 268 Å². The molecule has 0 spiro atoms. The minimum atomic E-state index is -4.64. The van der Waals surface area contributed by atoms with Crippen molar-refractivity contribution in [3.63, 3.8) is 0 Å². The monoisotopic (exact) mass is 677 g/mol. The van der Waals surface area contributed by atoms with Crippen molar-refractivity contribution in [2.45, 2.75) is 137 Å². The molecule has 0 fully saturated rings. The number of halogens is 6. The molecule has 0 saturated heterocycles. The van der Waals surface area contributed by atoms with E-state index in [4.69, 9.17) is 0 Å². The van der Waals surface area contributed by atoms with Gasteiger partial charge in [0.1, 0.15) is 0 Å². The van der Waals surface area contributed by atoms with Gasteiger partial charge in [0, 0.05) is 56.5 Å². The van der Waals surface area contributed by atoms with Gasteiger partial charge in [-0.1, -0.05) is 36.4 Å². The molecule has 0 bridgehead atoms. The van der Waals surface area contributed by atoms with Crippen LogP contribution in [-0.2, 0) is 12.4 Å². The number of alkyl halides is 6. The normalized spacial score (nSPS) is 19.5. The molecule has 45 heavy (non-hydrogen) atoms. The Balaban J connectivity index is 2.86. The number of hydrogen-bond donors (Lipinski definition) is 0. The summed E-state index contributed by atoms with van der Waals surface area (Å²) >= 11 is 0. The minimum absolute atomic E-state index is 0.120. The first kappa shape index (κ1) is 38.1. The predicted octanol–water partition coefficient (Wildman–Crippen LogP) is 11.5. The van der Waals surface area contributed by atoms with Gasteiger partial charge in [-0.3, -0.25) is 14.0 Å². The van der Waals surface area contributed by atoms with Crippen LogP contribution >= 0.6 is 15.3 Å². The van der Waals surface area contributed by atoms with Crippen LogP contribution in [0.2, 0.25) is 0 Å². The van der Waals surface area contributed by atoms with Crippen LogP contribution in [0.3, 0.4) is 0 Å². The second-order valence-corrected chi connectivity index (χ2v) is 19.6. The molecule has 0 N–H and O–H groups in total. The molecule has 0 aromatic heterocycles. The molecule has 0 saturated carbocycles. The Morgan fingerprint density at radius 3 is 1.31 bits per heavy atom. The maximum Gasteiger partial charge on any atom is 0.417 e. The summed E-state index contributed by atoms with van der Waals surface area (Å²) in [6.07, 6.45) is -9.27. The predicted molar refractivity (Wildman–Crippen MR) is 180 cm³/mol. The summed E-state index contributed by atoms with van der Waals surface area (Å²) in [6.45, 7) is 24.1. The lowest BCUT2D eigenvalue weighted by molar-refractivity contribution is -0.138. The number of hydrogen-bond acceptors (Lipinski definition) is 3. The Morgan fingerprint density at radius 1 is 0.556 bits per heavy atom. The Kier molecular flexibility index (Phi) is 11.9. The van der Waals surface area contributed by atoms with Gasteiger partial charge in [-0.15, -0.1) is 0 Å². The summed E-state index contributed by atoms with van der Waals surface area (Å²) in [5, 5.41) is 0.0145. The highest BCUT2D eigenvalue weighted by molar-refractivity contribution is 8.08. The van der Waals surface area contributed by atoms with E-state index >= 15 is 0 Å². The molecular weight excluding hydrogens is 626 g/mol. The van der Waals surface area contributed by atoms with Crippen molar-refractivity contribution in [3.8, 4) is 0 Å². The molecule has 2 aromatic carbocycles. The Bertz CT molecular complexity index is 1320. The van der Waals surface area contributed by atoms with Gasteiger partial charge in [-0.05, 0) is 106 Å². The Hall–Kier alpha value is -1.37. The second kappa shape index (κ2) is 14.0. The van der Waals surface area contributed by atoms with Crippen molar-refractivity contribution < 1.29 is 26.3 Å². The SMILES string of the molecule is CC(C)N(C(C)C)P1C(c2ccccc2C(F)(F)F)=P(N(C(C)C)C(C)C)(N(C(C)C)C(C)C)C1c1ccccc1C(F)(F)F. The third kappa shape index (κ3) is 6.95. The lowest BCUT2D eigenvalue weighted by Gasteiger charge is -2.67. The molecule has 0 amide bonds. The highest BCUT2D eigenvalue weighted by atomic mass is 31.2. The zero-order valence-electron chi connectivity index (χ0n) is 28.7. The smallest absolute Gasteiger partial charge is 0.272 e. The van der Waals surface area contributed by atoms with Gasteiger partial charge in [0.05, 0.1) is 16.5 Å². The Morgan fingerprint density at radius 2 is 0.933 bits per heavy atom. The molecule has 3 rings (SSSR count). The summed E-state index contributed by atoms with van der Waals surface area (Å²) in [7, 11) is -4.87. The molecule has 0 aliphatic carbocycles. The molecule has 2 unspecified atom stereocenters. The largest absolute Gasteiger partial charge is 0.417 e. The average Bonchev–Trinajstić information content (AvgIpc) is 2.86. The molecule has 3 nitrogen and oxygen atoms in total. The first-order valence-electron chi connectivity index (χ1n) is 15.9. The van der Waals surface area contributed by atoms with Crippen molar-refractivity contribution in [1.29, 1.82) is 0 Å². The molecule has 11 heteroatoms. The summed E-state index contributed by atoms with van der Waals surface area (Å²) in [5.74, 6) is 0. The van der Waals surface area contributed by atoms with Crippen molar-refractivity contribution in [3.05, 3.63) is 70.8 Å². The number of benzene rings is 2. The van der Waals surface area contributed by atoms with Gasteiger partial charge >= 0.3 is 12.4 Å². The van der Waals surface area contributed by atoms with Crippen LogP contribution in [0.15, 0.2) is 48.5 Å². The van der Waals surface area contributed by atoms with E-state index in [1.54, 1.807) is 24.3 Å². The van der Waals surface area contributed by atoms with Gasteiger partial charge in [0.2, 0.25) is 0 Å². The maximum atomic E-state index is 15.0. The highest BCUT2D eigenvalue weighted by Crippen LogP contribution is 2.92. The zero-order chi connectivity index (χ0) is 34.4. The van der Waals surface area contributed by atoms with Crippen LogP contribution < -0.4 is 0 Å². The highest BCUT2D eigenvalue weighted by Gasteiger charge is 2.63. The minimum Gasteiger partial charge on any atom is -0.272 e. The molecule has 2 aromatic rings. The van der Waals surface area contributed by atoms with Crippen LogP contribution in [0, 0.1) is 0 Å². The van der Waals surface area contributed by atoms with Crippen molar-refractivity contribution in [2.24, 2.45) is 0 Å². The standard InChI is InChI=1S/C34H51F6N3P2/c1-21(2)41(22(3)4)44-31(27-17-13-15-19-29(27)33(35,36)37)45(42(23(5)6)24(7)8,43(25(9)10)26(11)12)32(44)28-18-14-16-20-30(28)34(38,39)40/h13-26,31H,1-12H3. The van der Waals surface area contributed by atoms with Crippen LogP contribution in [0.5, 0.6) is 0 Å². The van der Waals surface area contributed by atoms with E-state index in [1.165, 1.54) is 12.1 Å². The van der Waals surface area contributed by atoms with Gasteiger partial charge in [0.25, 0.3) is 0 Å². The topological polar surface area (TPSA) is 9.72 Å². The summed E-state index contributed by atoms with van der Waals surface area (Å²) < 4.78 is 96.6. The number of nitrogens with zero attached hydrogens (tertiary/aromatic N) is 3. The maximum absolute atomic E-state index is 15.0. The quantitative estimate of drug-likeness (QED) is 0.173. The first-order chi connectivity index (χ1) is 20.6. The van der Waals surface area contributed by atoms with Crippen molar-refractivity contribution >= 4 is 20.3 Å². The van der Waals surface area contributed by atoms with E-state index in [0.29, 0.717) is 5.03 Å². The molecule has 0 radical (unpaired) electrons. The molecule has 1 heterocycles. The lowest BCUT2D eigenvalue weighted by atomic mass is 10.1. The van der Waals surface area contributed by atoms with Crippen LogP contribution in [0.1, 0.15) is 111 Å². The van der Waals surface area contributed by atoms with E-state index < -0.39 is 44.1 Å². The van der Waals surface area contributed by atoms with Crippen LogP contribution in [0.25, 0.3) is 0 Å². The van der Waals surface area contributed by atoms with Gasteiger partial charge in [-0.2, -0.15) is 26.3 Å². The van der Waals surface area contributed by atoms with E-state index in [1.807, 2.05) is 83.1 Å². The third-order valence-electron chi connectivity index (χ3n) is 8.25. The summed E-state index contributed by atoms with van der Waals surface area (Å²) in [6, 6.07) is 10.6. The average molecular weight is 678 g/mol. The fourth-order valence-corrected chi connectivity index (χ4v) is 20.5. The zero-order valence-corrected chi connectivity index (χ0v) is 30.5. The van der Waals surface area contributed by atoms with Crippen molar-refractivity contribution in [2.75, 3.05) is 0 Å². The third-order valence-corrected chi connectivity index (χ3v) is 19.3. The first-order valence-corrected chi connectivity index (χ1v) is 19.0. The number of rotatable bonds is 11. The second-order valence-electron chi connectivity index (χ2n) is 13.5. The molecule has 1 aliphatic rings. The van der Waals surface area contributed by atoms with E-state index in [9.17, 15) is 26.3 Å². The summed E-state index contributed by atoms with van der Waals surface area (Å²) in [5.41, 5.74) is -1.13.